The first kappa shape index (κ1) is 21.0. The van der Waals surface area contributed by atoms with Gasteiger partial charge in [-0.15, -0.1) is 24.0 Å². The Bertz CT molecular complexity index is 877. The van der Waals surface area contributed by atoms with Crippen LogP contribution < -0.4 is 10.6 Å². The molecule has 0 spiro atoms. The Labute approximate surface area is 171 Å². The van der Waals surface area contributed by atoms with Crippen LogP contribution in [0.5, 0.6) is 0 Å². The lowest BCUT2D eigenvalue weighted by Gasteiger charge is -2.14. The summed E-state index contributed by atoms with van der Waals surface area (Å²) in [4.78, 5) is 4.65. The van der Waals surface area contributed by atoms with E-state index in [2.05, 4.69) is 15.6 Å². The molecule has 1 atom stereocenters. The molecule has 1 aromatic carbocycles. The number of rotatable bonds is 5. The fraction of sp³-hybridized carbons (Fsp3) is 0.500. The van der Waals surface area contributed by atoms with E-state index in [1.807, 2.05) is 38.1 Å². The largest absolute Gasteiger partial charge is 0.461 e. The number of hydrogen-bond donors (Lipinski definition) is 2. The van der Waals surface area contributed by atoms with Gasteiger partial charge in [0.1, 0.15) is 11.3 Å². The Hall–Kier alpha value is -1.29. The van der Waals surface area contributed by atoms with Gasteiger partial charge in [-0.05, 0) is 32.3 Å². The summed E-state index contributed by atoms with van der Waals surface area (Å²) in [7, 11) is -2.85. The van der Waals surface area contributed by atoms with Crippen LogP contribution in [0.15, 0.2) is 33.7 Å². The van der Waals surface area contributed by atoms with Crippen molar-refractivity contribution in [3.8, 4) is 0 Å². The normalized spacial score (nSPS) is 19.3. The molecule has 0 saturated carbocycles. The average molecular weight is 491 g/mol. The standard InChI is InChI=1S/C18H25N3O3S.HI/c1-3-19-18(20-10-14-8-9-25(22,23)12-14)21-11-16-13(2)24-17-7-5-4-6-15(16)17;/h4-7,14H,3,8-12H2,1-2H3,(H2,19,20,21);1H. The lowest BCUT2D eigenvalue weighted by molar-refractivity contribution is 0.565. The molecule has 1 saturated heterocycles. The van der Waals surface area contributed by atoms with Crippen molar-refractivity contribution < 1.29 is 12.8 Å². The Morgan fingerprint density at radius 3 is 2.77 bits per heavy atom. The molecule has 1 aliphatic heterocycles. The number of furan rings is 1. The van der Waals surface area contributed by atoms with Crippen molar-refractivity contribution in [2.45, 2.75) is 26.8 Å². The molecule has 2 aromatic rings. The topological polar surface area (TPSA) is 83.7 Å². The molecule has 8 heteroatoms. The van der Waals surface area contributed by atoms with Crippen molar-refractivity contribution >= 4 is 50.7 Å². The third kappa shape index (κ3) is 5.12. The quantitative estimate of drug-likeness (QED) is 0.382. The summed E-state index contributed by atoms with van der Waals surface area (Å²) in [5, 5.41) is 7.57. The van der Waals surface area contributed by atoms with Crippen LogP contribution in [0.25, 0.3) is 11.0 Å². The Morgan fingerprint density at radius 1 is 1.31 bits per heavy atom. The van der Waals surface area contributed by atoms with Gasteiger partial charge in [-0.2, -0.15) is 0 Å². The summed E-state index contributed by atoms with van der Waals surface area (Å²) in [5.74, 6) is 2.31. The van der Waals surface area contributed by atoms with E-state index in [0.29, 0.717) is 24.8 Å². The fourth-order valence-corrected chi connectivity index (χ4v) is 5.05. The summed E-state index contributed by atoms with van der Waals surface area (Å²) in [5.41, 5.74) is 1.95. The minimum atomic E-state index is -2.85. The predicted molar refractivity (Wildman–Crippen MR) is 116 cm³/mol. The summed E-state index contributed by atoms with van der Waals surface area (Å²) >= 11 is 0. The first-order valence-electron chi connectivity index (χ1n) is 8.68. The lowest BCUT2D eigenvalue weighted by atomic mass is 10.1. The number of para-hydroxylation sites is 1. The van der Waals surface area contributed by atoms with Gasteiger partial charge in [0.05, 0.1) is 18.1 Å². The lowest BCUT2D eigenvalue weighted by Crippen LogP contribution is -2.40. The number of hydrogen-bond acceptors (Lipinski definition) is 4. The van der Waals surface area contributed by atoms with Crippen LogP contribution in [0.2, 0.25) is 0 Å². The van der Waals surface area contributed by atoms with Crippen LogP contribution in [0.3, 0.4) is 0 Å². The molecule has 0 amide bonds. The highest BCUT2D eigenvalue weighted by Gasteiger charge is 2.27. The number of nitrogens with zero attached hydrogens (tertiary/aromatic N) is 1. The molecule has 2 N–H and O–H groups in total. The second kappa shape index (κ2) is 9.07. The molecule has 6 nitrogen and oxygen atoms in total. The van der Waals surface area contributed by atoms with E-state index in [9.17, 15) is 8.42 Å². The summed E-state index contributed by atoms with van der Waals surface area (Å²) in [6, 6.07) is 7.95. The van der Waals surface area contributed by atoms with Gasteiger partial charge in [-0.1, -0.05) is 18.2 Å². The molecule has 1 fully saturated rings. The zero-order valence-corrected chi connectivity index (χ0v) is 18.3. The second-order valence-electron chi connectivity index (χ2n) is 6.48. The van der Waals surface area contributed by atoms with Crippen molar-refractivity contribution in [3.05, 3.63) is 35.6 Å². The molecule has 2 heterocycles. The molecular formula is C18H26IN3O3S. The Morgan fingerprint density at radius 2 is 2.08 bits per heavy atom. The van der Waals surface area contributed by atoms with Gasteiger partial charge in [-0.3, -0.25) is 0 Å². The van der Waals surface area contributed by atoms with Gasteiger partial charge in [0.2, 0.25) is 0 Å². The number of guanidine groups is 1. The third-order valence-electron chi connectivity index (χ3n) is 4.52. The number of fused-ring (bicyclic) bond motifs is 1. The molecule has 0 aliphatic carbocycles. The highest BCUT2D eigenvalue weighted by Crippen LogP contribution is 2.25. The Balaban J connectivity index is 0.00000243. The number of halogens is 1. The third-order valence-corrected chi connectivity index (χ3v) is 6.36. The van der Waals surface area contributed by atoms with Gasteiger partial charge < -0.3 is 15.1 Å². The minimum Gasteiger partial charge on any atom is -0.461 e. The van der Waals surface area contributed by atoms with Crippen LogP contribution in [0.4, 0.5) is 0 Å². The molecule has 1 unspecified atom stereocenters. The zero-order chi connectivity index (χ0) is 17.9. The zero-order valence-electron chi connectivity index (χ0n) is 15.1. The van der Waals surface area contributed by atoms with E-state index >= 15 is 0 Å². The first-order chi connectivity index (χ1) is 12.0. The molecule has 1 aromatic heterocycles. The molecule has 0 bridgehead atoms. The van der Waals surface area contributed by atoms with E-state index in [-0.39, 0.29) is 35.6 Å². The van der Waals surface area contributed by atoms with Gasteiger partial charge in [0.15, 0.2) is 15.8 Å². The van der Waals surface area contributed by atoms with Gasteiger partial charge in [-0.25, -0.2) is 13.4 Å². The number of sulfone groups is 1. The fourth-order valence-electron chi connectivity index (χ4n) is 3.19. The maximum Gasteiger partial charge on any atom is 0.191 e. The van der Waals surface area contributed by atoms with E-state index in [0.717, 1.165) is 35.3 Å². The number of aliphatic imine (C=N–C) groups is 1. The van der Waals surface area contributed by atoms with Gasteiger partial charge in [0.25, 0.3) is 0 Å². The van der Waals surface area contributed by atoms with Crippen molar-refractivity contribution in [3.63, 3.8) is 0 Å². The van der Waals surface area contributed by atoms with Crippen LogP contribution in [0.1, 0.15) is 24.7 Å². The molecule has 0 radical (unpaired) electrons. The second-order valence-corrected chi connectivity index (χ2v) is 8.71. The van der Waals surface area contributed by atoms with E-state index < -0.39 is 9.84 Å². The van der Waals surface area contributed by atoms with Crippen LogP contribution in [-0.2, 0) is 16.4 Å². The Kier molecular flexibility index (Phi) is 7.33. The van der Waals surface area contributed by atoms with E-state index in [1.165, 1.54) is 0 Å². The van der Waals surface area contributed by atoms with Crippen molar-refractivity contribution in [2.24, 2.45) is 10.9 Å². The SMILES string of the molecule is CCNC(=NCc1c(C)oc2ccccc12)NCC1CCS(=O)(=O)C1.I. The molecule has 26 heavy (non-hydrogen) atoms. The summed E-state index contributed by atoms with van der Waals surface area (Å²) < 4.78 is 28.9. The monoisotopic (exact) mass is 491 g/mol. The van der Waals surface area contributed by atoms with Crippen LogP contribution >= 0.6 is 24.0 Å². The molecule has 144 valence electrons. The number of nitrogens with one attached hydrogen (secondary N) is 2. The van der Waals surface area contributed by atoms with Crippen LogP contribution in [0, 0.1) is 12.8 Å². The van der Waals surface area contributed by atoms with E-state index in [4.69, 9.17) is 4.42 Å². The minimum absolute atomic E-state index is 0. The van der Waals surface area contributed by atoms with Crippen molar-refractivity contribution in [2.75, 3.05) is 24.6 Å². The summed E-state index contributed by atoms with van der Waals surface area (Å²) in [6.07, 6.45) is 0.722. The average Bonchev–Trinajstić information content (AvgIpc) is 3.08. The predicted octanol–water partition coefficient (Wildman–Crippen LogP) is 2.85. The summed E-state index contributed by atoms with van der Waals surface area (Å²) in [6.45, 7) is 5.85. The highest BCUT2D eigenvalue weighted by atomic mass is 127. The maximum atomic E-state index is 11.6. The smallest absolute Gasteiger partial charge is 0.191 e. The highest BCUT2D eigenvalue weighted by molar-refractivity contribution is 14.0. The molecular weight excluding hydrogens is 465 g/mol. The van der Waals surface area contributed by atoms with Crippen LogP contribution in [-0.4, -0.2) is 39.0 Å². The first-order valence-corrected chi connectivity index (χ1v) is 10.5. The number of aryl methyl sites for hydroxylation is 1. The van der Waals surface area contributed by atoms with E-state index in [1.54, 1.807) is 0 Å². The molecule has 3 rings (SSSR count). The van der Waals surface area contributed by atoms with Crippen molar-refractivity contribution in [1.82, 2.24) is 10.6 Å². The molecule has 1 aliphatic rings. The van der Waals surface area contributed by atoms with Gasteiger partial charge in [0, 0.05) is 24.0 Å². The van der Waals surface area contributed by atoms with Gasteiger partial charge >= 0.3 is 0 Å². The number of benzene rings is 1. The maximum absolute atomic E-state index is 11.6. The van der Waals surface area contributed by atoms with Crippen molar-refractivity contribution in [1.29, 1.82) is 0 Å².